The molecule has 126 valence electrons. The van der Waals surface area contributed by atoms with Gasteiger partial charge in [-0.1, -0.05) is 11.6 Å². The van der Waals surface area contributed by atoms with E-state index in [1.54, 1.807) is 12.1 Å². The quantitative estimate of drug-likeness (QED) is 0.772. The zero-order valence-electron chi connectivity index (χ0n) is 13.7. The van der Waals surface area contributed by atoms with Crippen LogP contribution in [0.4, 0.5) is 14.9 Å². The molecule has 1 aromatic carbocycles. The minimum absolute atomic E-state index is 0.216. The van der Waals surface area contributed by atoms with Crippen molar-refractivity contribution in [2.24, 2.45) is 0 Å². The Hall–Kier alpha value is -1.49. The zero-order valence-corrected chi connectivity index (χ0v) is 14.5. The van der Waals surface area contributed by atoms with E-state index >= 15 is 0 Å². The lowest BCUT2D eigenvalue weighted by atomic mass is 10.1. The smallest absolute Gasteiger partial charge is 0.410 e. The first kappa shape index (κ1) is 16.4. The maximum atomic E-state index is 14.2. The number of hydrogen-bond donors (Lipinski definition) is 0. The molecule has 1 saturated heterocycles. The first-order valence-corrected chi connectivity index (χ1v) is 8.29. The van der Waals surface area contributed by atoms with Crippen LogP contribution in [0.15, 0.2) is 18.2 Å². The van der Waals surface area contributed by atoms with Gasteiger partial charge in [0.15, 0.2) is 0 Å². The van der Waals surface area contributed by atoms with Crippen molar-refractivity contribution in [3.05, 3.63) is 29.0 Å². The van der Waals surface area contributed by atoms with E-state index in [-0.39, 0.29) is 17.4 Å². The third-order valence-electron chi connectivity index (χ3n) is 4.34. The molecular formula is C17H22ClFN2O2. The van der Waals surface area contributed by atoms with Crippen molar-refractivity contribution >= 4 is 23.4 Å². The fourth-order valence-electron chi connectivity index (χ4n) is 3.10. The van der Waals surface area contributed by atoms with E-state index < -0.39 is 5.60 Å². The van der Waals surface area contributed by atoms with Gasteiger partial charge in [0.2, 0.25) is 0 Å². The molecule has 3 rings (SSSR count). The molecule has 0 unspecified atom stereocenters. The molecule has 1 spiro atoms. The summed E-state index contributed by atoms with van der Waals surface area (Å²) in [5.41, 5.74) is -0.177. The highest BCUT2D eigenvalue weighted by atomic mass is 35.5. The number of ether oxygens (including phenoxy) is 1. The number of halogens is 2. The lowest BCUT2D eigenvalue weighted by Crippen LogP contribution is -2.58. The minimum Gasteiger partial charge on any atom is -0.444 e. The van der Waals surface area contributed by atoms with Crippen molar-refractivity contribution in [1.29, 1.82) is 0 Å². The second-order valence-electron chi connectivity index (χ2n) is 7.37. The average molecular weight is 341 g/mol. The Morgan fingerprint density at radius 3 is 2.57 bits per heavy atom. The third kappa shape index (κ3) is 3.39. The fraction of sp³-hybridized carbons (Fsp3) is 0.588. The van der Waals surface area contributed by atoms with Crippen LogP contribution in [0, 0.1) is 5.82 Å². The Balaban J connectivity index is 1.75. The number of carbonyl (C=O) groups excluding carboxylic acids is 1. The summed E-state index contributed by atoms with van der Waals surface area (Å²) in [6.07, 6.45) is 1.59. The Bertz CT molecular complexity index is 626. The molecule has 0 atom stereocenters. The average Bonchev–Trinajstić information content (AvgIpc) is 3.16. The summed E-state index contributed by atoms with van der Waals surface area (Å²) < 4.78 is 19.7. The first-order valence-electron chi connectivity index (χ1n) is 7.91. The monoisotopic (exact) mass is 340 g/mol. The SMILES string of the molecule is CC(C)(C)OC(=O)N1CCN(c2ccc(Cl)cc2F)CC12CC2. The van der Waals surface area contributed by atoms with Gasteiger partial charge in [0, 0.05) is 24.7 Å². The predicted octanol–water partition coefficient (Wildman–Crippen LogP) is 4.07. The largest absolute Gasteiger partial charge is 0.444 e. The minimum atomic E-state index is -0.507. The van der Waals surface area contributed by atoms with Gasteiger partial charge in [-0.05, 0) is 51.8 Å². The third-order valence-corrected chi connectivity index (χ3v) is 4.58. The summed E-state index contributed by atoms with van der Waals surface area (Å²) in [5, 5.41) is 0.389. The highest BCUT2D eigenvalue weighted by Crippen LogP contribution is 2.46. The van der Waals surface area contributed by atoms with Crippen LogP contribution in [0.1, 0.15) is 33.6 Å². The van der Waals surface area contributed by atoms with Crippen molar-refractivity contribution in [3.8, 4) is 0 Å². The summed E-state index contributed by atoms with van der Waals surface area (Å²) in [6, 6.07) is 4.73. The Morgan fingerprint density at radius 2 is 2.00 bits per heavy atom. The Kier molecular flexibility index (Phi) is 3.95. The molecule has 1 heterocycles. The molecule has 4 nitrogen and oxygen atoms in total. The summed E-state index contributed by atoms with van der Waals surface area (Å²) in [4.78, 5) is 16.2. The van der Waals surface area contributed by atoms with E-state index in [1.165, 1.54) is 6.07 Å². The van der Waals surface area contributed by atoms with Crippen LogP contribution in [0.5, 0.6) is 0 Å². The Morgan fingerprint density at radius 1 is 1.30 bits per heavy atom. The van der Waals surface area contributed by atoms with Crippen molar-refractivity contribution < 1.29 is 13.9 Å². The zero-order chi connectivity index (χ0) is 16.8. The van der Waals surface area contributed by atoms with Crippen LogP contribution in [-0.2, 0) is 4.74 Å². The highest BCUT2D eigenvalue weighted by molar-refractivity contribution is 6.30. The normalized spacial score (nSPS) is 19.9. The van der Waals surface area contributed by atoms with Crippen molar-refractivity contribution in [2.45, 2.75) is 44.8 Å². The van der Waals surface area contributed by atoms with E-state index in [2.05, 4.69) is 0 Å². The number of benzene rings is 1. The molecule has 1 amide bonds. The molecule has 0 radical (unpaired) electrons. The van der Waals surface area contributed by atoms with Gasteiger partial charge in [-0.25, -0.2) is 9.18 Å². The van der Waals surface area contributed by atoms with Gasteiger partial charge in [-0.15, -0.1) is 0 Å². The van der Waals surface area contributed by atoms with Crippen LogP contribution in [0.2, 0.25) is 5.02 Å². The molecule has 2 aliphatic rings. The van der Waals surface area contributed by atoms with E-state index in [4.69, 9.17) is 16.3 Å². The molecule has 2 fully saturated rings. The summed E-state index contributed by atoms with van der Waals surface area (Å²) >= 11 is 5.82. The number of rotatable bonds is 1. The van der Waals surface area contributed by atoms with Gasteiger partial charge in [-0.3, -0.25) is 4.90 Å². The van der Waals surface area contributed by atoms with Crippen LogP contribution >= 0.6 is 11.6 Å². The standard InChI is InChI=1S/C17H22ClFN2O2/c1-16(2,3)23-15(22)21-9-8-20(11-17(21)6-7-17)14-5-4-12(18)10-13(14)19/h4-5,10H,6-9,11H2,1-3H3. The second kappa shape index (κ2) is 5.55. The molecule has 1 aliphatic heterocycles. The van der Waals surface area contributed by atoms with Gasteiger partial charge in [0.05, 0.1) is 11.2 Å². The van der Waals surface area contributed by atoms with Crippen LogP contribution in [0.25, 0.3) is 0 Å². The van der Waals surface area contributed by atoms with Gasteiger partial charge in [0.1, 0.15) is 11.4 Å². The molecule has 0 bridgehead atoms. The fourth-order valence-corrected chi connectivity index (χ4v) is 3.25. The lowest BCUT2D eigenvalue weighted by molar-refractivity contribution is 0.0106. The summed E-state index contributed by atoms with van der Waals surface area (Å²) in [5.74, 6) is -0.320. The van der Waals surface area contributed by atoms with Gasteiger partial charge < -0.3 is 9.64 Å². The number of carbonyl (C=O) groups is 1. The number of nitrogens with zero attached hydrogens (tertiary/aromatic N) is 2. The van der Waals surface area contributed by atoms with Crippen molar-refractivity contribution in [3.63, 3.8) is 0 Å². The molecule has 0 aromatic heterocycles. The maximum Gasteiger partial charge on any atom is 0.410 e. The van der Waals surface area contributed by atoms with Crippen LogP contribution in [0.3, 0.4) is 0 Å². The summed E-state index contributed by atoms with van der Waals surface area (Å²) in [6.45, 7) is 7.35. The number of piperazine rings is 1. The maximum absolute atomic E-state index is 14.2. The van der Waals surface area contributed by atoms with E-state index in [0.29, 0.717) is 30.3 Å². The molecule has 23 heavy (non-hydrogen) atoms. The number of anilines is 1. The van der Waals surface area contributed by atoms with Crippen molar-refractivity contribution in [2.75, 3.05) is 24.5 Å². The van der Waals surface area contributed by atoms with E-state index in [9.17, 15) is 9.18 Å². The van der Waals surface area contributed by atoms with Gasteiger partial charge >= 0.3 is 6.09 Å². The topological polar surface area (TPSA) is 32.8 Å². The second-order valence-corrected chi connectivity index (χ2v) is 7.81. The molecule has 1 aliphatic carbocycles. The molecule has 1 saturated carbocycles. The highest BCUT2D eigenvalue weighted by Gasteiger charge is 2.54. The van der Waals surface area contributed by atoms with Gasteiger partial charge in [0.25, 0.3) is 0 Å². The Labute approximate surface area is 141 Å². The first-order chi connectivity index (χ1) is 10.7. The number of hydrogen-bond acceptors (Lipinski definition) is 3. The molecule has 6 heteroatoms. The van der Waals surface area contributed by atoms with Crippen LogP contribution < -0.4 is 4.90 Å². The predicted molar refractivity (Wildman–Crippen MR) is 88.5 cm³/mol. The number of amides is 1. The van der Waals surface area contributed by atoms with E-state index in [0.717, 1.165) is 12.8 Å². The van der Waals surface area contributed by atoms with E-state index in [1.807, 2.05) is 30.6 Å². The molecular weight excluding hydrogens is 319 g/mol. The summed E-state index contributed by atoms with van der Waals surface area (Å²) in [7, 11) is 0. The van der Waals surface area contributed by atoms with Crippen molar-refractivity contribution in [1.82, 2.24) is 4.90 Å². The molecule has 1 aromatic rings. The van der Waals surface area contributed by atoms with Crippen LogP contribution in [-0.4, -0.2) is 41.8 Å². The molecule has 0 N–H and O–H groups in total. The lowest BCUT2D eigenvalue weighted by Gasteiger charge is -2.43. The van der Waals surface area contributed by atoms with Gasteiger partial charge in [-0.2, -0.15) is 0 Å².